The van der Waals surface area contributed by atoms with Gasteiger partial charge in [-0.05, 0) is 37.1 Å². The van der Waals surface area contributed by atoms with E-state index in [1.165, 1.54) is 11.6 Å². The maximum atomic E-state index is 12.4. The van der Waals surface area contributed by atoms with E-state index in [0.29, 0.717) is 6.04 Å². The maximum Gasteiger partial charge on any atom is 0.263 e. The molecule has 4 heteroatoms. The van der Waals surface area contributed by atoms with Crippen LogP contribution < -0.4 is 5.32 Å². The van der Waals surface area contributed by atoms with Crippen molar-refractivity contribution >= 4 is 12.4 Å². The first-order valence-corrected chi connectivity index (χ1v) is 4.80. The molecule has 1 aromatic rings. The molecular formula is C11H14ClF2N. The van der Waals surface area contributed by atoms with Crippen molar-refractivity contribution < 1.29 is 8.78 Å². The molecule has 0 fully saturated rings. The van der Waals surface area contributed by atoms with E-state index < -0.39 is 6.43 Å². The largest absolute Gasteiger partial charge is 0.313 e. The molecule has 15 heavy (non-hydrogen) atoms. The lowest BCUT2D eigenvalue weighted by molar-refractivity contribution is 0.151. The number of rotatable bonds is 2. The molecule has 0 spiro atoms. The smallest absolute Gasteiger partial charge is 0.263 e. The van der Waals surface area contributed by atoms with Crippen molar-refractivity contribution in [3.05, 3.63) is 34.9 Å². The molecule has 0 unspecified atom stereocenters. The summed E-state index contributed by atoms with van der Waals surface area (Å²) in [4.78, 5) is 0. The number of aryl methyl sites for hydroxylation is 1. The van der Waals surface area contributed by atoms with E-state index in [1.54, 1.807) is 6.07 Å². The van der Waals surface area contributed by atoms with Crippen LogP contribution >= 0.6 is 12.4 Å². The zero-order valence-electron chi connectivity index (χ0n) is 8.47. The topological polar surface area (TPSA) is 12.0 Å². The molecule has 0 heterocycles. The minimum absolute atomic E-state index is 0. The summed E-state index contributed by atoms with van der Waals surface area (Å²) >= 11 is 0. The molecule has 0 bridgehead atoms. The molecule has 0 saturated carbocycles. The van der Waals surface area contributed by atoms with Crippen LogP contribution in [0, 0.1) is 0 Å². The fraction of sp³-hybridized carbons (Fsp3) is 0.455. The Hall–Kier alpha value is -0.670. The zero-order chi connectivity index (χ0) is 10.1. The summed E-state index contributed by atoms with van der Waals surface area (Å²) in [5.41, 5.74) is 2.39. The molecule has 0 aromatic heterocycles. The lowest BCUT2D eigenvalue weighted by Gasteiger charge is -2.10. The van der Waals surface area contributed by atoms with Crippen molar-refractivity contribution in [3.63, 3.8) is 0 Å². The minimum atomic E-state index is -2.35. The second-order valence-corrected chi connectivity index (χ2v) is 3.64. The Bertz CT molecular complexity index is 341. The monoisotopic (exact) mass is 233 g/mol. The first-order chi connectivity index (χ1) is 6.72. The van der Waals surface area contributed by atoms with Gasteiger partial charge in [-0.3, -0.25) is 0 Å². The third kappa shape index (κ3) is 2.29. The highest BCUT2D eigenvalue weighted by molar-refractivity contribution is 5.85. The highest BCUT2D eigenvalue weighted by Gasteiger charge is 2.22. The van der Waals surface area contributed by atoms with E-state index in [2.05, 4.69) is 5.32 Å². The Balaban J connectivity index is 0.00000112. The Labute approximate surface area is 94.3 Å². The van der Waals surface area contributed by atoms with Gasteiger partial charge in [0.15, 0.2) is 0 Å². The van der Waals surface area contributed by atoms with Gasteiger partial charge in [-0.2, -0.15) is 0 Å². The van der Waals surface area contributed by atoms with Crippen LogP contribution in [-0.2, 0) is 6.42 Å². The third-order valence-electron chi connectivity index (χ3n) is 2.85. The van der Waals surface area contributed by atoms with Crippen LogP contribution in [0.25, 0.3) is 0 Å². The summed E-state index contributed by atoms with van der Waals surface area (Å²) < 4.78 is 24.8. The van der Waals surface area contributed by atoms with E-state index in [4.69, 9.17) is 0 Å². The number of hydrogen-bond donors (Lipinski definition) is 1. The quantitative estimate of drug-likeness (QED) is 0.827. The SMILES string of the molecule is CN[C@@H]1CCc2cc(C(F)F)ccc21.Cl. The predicted molar refractivity (Wildman–Crippen MR) is 58.8 cm³/mol. The molecule has 84 valence electrons. The van der Waals surface area contributed by atoms with Gasteiger partial charge in [-0.25, -0.2) is 8.78 Å². The Morgan fingerprint density at radius 2 is 2.13 bits per heavy atom. The van der Waals surface area contributed by atoms with Crippen molar-refractivity contribution in [2.75, 3.05) is 7.05 Å². The number of benzene rings is 1. The number of alkyl halides is 2. The van der Waals surface area contributed by atoms with Crippen LogP contribution in [0.1, 0.15) is 35.6 Å². The molecule has 0 aliphatic heterocycles. The Morgan fingerprint density at radius 1 is 1.40 bits per heavy atom. The summed E-state index contributed by atoms with van der Waals surface area (Å²) in [5.74, 6) is 0. The van der Waals surface area contributed by atoms with E-state index >= 15 is 0 Å². The minimum Gasteiger partial charge on any atom is -0.313 e. The molecule has 0 saturated heterocycles. The van der Waals surface area contributed by atoms with Crippen LogP contribution in [0.15, 0.2) is 18.2 Å². The van der Waals surface area contributed by atoms with Gasteiger partial charge >= 0.3 is 0 Å². The zero-order valence-corrected chi connectivity index (χ0v) is 9.28. The molecule has 1 aliphatic carbocycles. The molecule has 2 rings (SSSR count). The fourth-order valence-electron chi connectivity index (χ4n) is 2.07. The van der Waals surface area contributed by atoms with E-state index in [-0.39, 0.29) is 18.0 Å². The summed E-state index contributed by atoms with van der Waals surface area (Å²) in [7, 11) is 1.90. The predicted octanol–water partition coefficient (Wildman–Crippen LogP) is 3.25. The fourth-order valence-corrected chi connectivity index (χ4v) is 2.07. The molecule has 1 aromatic carbocycles. The molecule has 1 atom stereocenters. The Morgan fingerprint density at radius 3 is 2.73 bits per heavy atom. The standard InChI is InChI=1S/C11H13F2N.ClH/c1-14-10-5-3-7-6-8(11(12)13)2-4-9(7)10;/h2,4,6,10-11,14H,3,5H2,1H3;1H/t10-;/m1./s1. The van der Waals surface area contributed by atoms with Gasteiger partial charge < -0.3 is 5.32 Å². The average molecular weight is 234 g/mol. The van der Waals surface area contributed by atoms with Crippen molar-refractivity contribution in [2.24, 2.45) is 0 Å². The number of hydrogen-bond acceptors (Lipinski definition) is 1. The molecular weight excluding hydrogens is 220 g/mol. The van der Waals surface area contributed by atoms with Gasteiger partial charge in [0.2, 0.25) is 0 Å². The van der Waals surface area contributed by atoms with Gasteiger partial charge in [0, 0.05) is 11.6 Å². The third-order valence-corrected chi connectivity index (χ3v) is 2.85. The van der Waals surface area contributed by atoms with E-state index in [0.717, 1.165) is 18.4 Å². The van der Waals surface area contributed by atoms with Gasteiger partial charge in [0.05, 0.1) is 0 Å². The van der Waals surface area contributed by atoms with E-state index in [1.807, 2.05) is 13.1 Å². The number of fused-ring (bicyclic) bond motifs is 1. The Kier molecular flexibility index (Phi) is 4.05. The second kappa shape index (κ2) is 4.90. The number of nitrogens with one attached hydrogen (secondary N) is 1. The molecule has 1 N–H and O–H groups in total. The lowest BCUT2D eigenvalue weighted by Crippen LogP contribution is -2.12. The van der Waals surface area contributed by atoms with Crippen LogP contribution in [0.5, 0.6) is 0 Å². The summed E-state index contributed by atoms with van der Waals surface area (Å²) in [6, 6.07) is 5.33. The normalized spacial score (nSPS) is 18.8. The molecule has 0 amide bonds. The maximum absolute atomic E-state index is 12.4. The van der Waals surface area contributed by atoms with Crippen LogP contribution in [0.4, 0.5) is 8.78 Å². The summed E-state index contributed by atoms with van der Waals surface area (Å²) in [6.45, 7) is 0. The molecule has 1 nitrogen and oxygen atoms in total. The van der Waals surface area contributed by atoms with Crippen LogP contribution in [0.2, 0.25) is 0 Å². The number of halogens is 3. The summed E-state index contributed by atoms with van der Waals surface area (Å²) in [5, 5.41) is 3.18. The highest BCUT2D eigenvalue weighted by atomic mass is 35.5. The highest BCUT2D eigenvalue weighted by Crippen LogP contribution is 2.33. The van der Waals surface area contributed by atoms with Gasteiger partial charge in [-0.15, -0.1) is 12.4 Å². The van der Waals surface area contributed by atoms with Crippen molar-refractivity contribution in [2.45, 2.75) is 25.3 Å². The van der Waals surface area contributed by atoms with Gasteiger partial charge in [0.1, 0.15) is 0 Å². The van der Waals surface area contributed by atoms with Crippen molar-refractivity contribution in [1.29, 1.82) is 0 Å². The first kappa shape index (κ1) is 12.4. The van der Waals surface area contributed by atoms with Crippen LogP contribution in [-0.4, -0.2) is 7.05 Å². The lowest BCUT2D eigenvalue weighted by atomic mass is 10.1. The molecule has 0 radical (unpaired) electrons. The van der Waals surface area contributed by atoms with Crippen LogP contribution in [0.3, 0.4) is 0 Å². The average Bonchev–Trinajstić information content (AvgIpc) is 2.59. The first-order valence-electron chi connectivity index (χ1n) is 4.80. The van der Waals surface area contributed by atoms with Gasteiger partial charge in [-0.1, -0.05) is 12.1 Å². The second-order valence-electron chi connectivity index (χ2n) is 3.64. The van der Waals surface area contributed by atoms with Gasteiger partial charge in [0.25, 0.3) is 6.43 Å². The van der Waals surface area contributed by atoms with E-state index in [9.17, 15) is 8.78 Å². The summed E-state index contributed by atoms with van der Waals surface area (Å²) in [6.07, 6.45) is -0.436. The van der Waals surface area contributed by atoms with Crippen molar-refractivity contribution in [1.82, 2.24) is 5.32 Å². The molecule has 1 aliphatic rings. The van der Waals surface area contributed by atoms with Crippen molar-refractivity contribution in [3.8, 4) is 0 Å².